The number of rotatable bonds is 0. The van der Waals surface area contributed by atoms with E-state index in [0.29, 0.717) is 7.18 Å². The van der Waals surface area contributed by atoms with Crippen molar-refractivity contribution in [3.8, 4) is 0 Å². The fourth-order valence-electron chi connectivity index (χ4n) is 0. The van der Waals surface area contributed by atoms with Gasteiger partial charge in [-0.05, 0) is 7.43 Å². The first-order chi connectivity index (χ1) is 1.00. The monoisotopic (exact) mass is 67.0 g/mol. The Balaban J connectivity index is -0.00000000500. The van der Waals surface area contributed by atoms with Crippen LogP contribution in [-0.4, -0.2) is 7.18 Å². The van der Waals surface area contributed by atoms with Gasteiger partial charge in [-0.2, -0.15) is 0 Å². The summed E-state index contributed by atoms with van der Waals surface area (Å²) in [5, 5.41) is 0. The molecule has 2 heteroatoms. The van der Waals surface area contributed by atoms with E-state index in [1.165, 1.54) is 0 Å². The van der Waals surface area contributed by atoms with Gasteiger partial charge in [0.1, 0.15) is 0 Å². The van der Waals surface area contributed by atoms with Crippen LogP contribution < -0.4 is 0 Å². The lowest BCUT2D eigenvalue weighted by Gasteiger charge is -1.10. The van der Waals surface area contributed by atoms with Crippen LogP contribution in [-0.2, 0) is 0 Å². The minimum absolute atomic E-state index is 0. The first-order valence-corrected chi connectivity index (χ1v) is 0.378. The zero-order valence-electron chi connectivity index (χ0n) is 2.36. The van der Waals surface area contributed by atoms with E-state index < -0.39 is 0 Å². The van der Waals surface area contributed by atoms with Crippen molar-refractivity contribution in [2.45, 2.75) is 0 Å². The average Bonchev–Trinajstić information content (AvgIpc) is 1.00. The molecule has 0 spiro atoms. The van der Waals surface area contributed by atoms with Crippen LogP contribution in [0.2, 0.25) is 0 Å². The van der Waals surface area contributed by atoms with E-state index in [9.17, 15) is 4.39 Å². The molecule has 0 nitrogen and oxygen atoms in total. The van der Waals surface area contributed by atoms with Crippen molar-refractivity contribution in [2.75, 3.05) is 7.18 Å². The molecule has 0 N–H and O–H groups in total. The zero-order chi connectivity index (χ0) is 2.00. The van der Waals surface area contributed by atoms with Crippen molar-refractivity contribution in [1.29, 1.82) is 0 Å². The van der Waals surface area contributed by atoms with Crippen molar-refractivity contribution in [3.63, 3.8) is 0 Å². The van der Waals surface area contributed by atoms with Crippen LogP contribution in [0.15, 0.2) is 0 Å². The Morgan fingerprint density at radius 2 is 1.25 bits per heavy atom. The molecule has 0 bridgehead atoms. The second-order valence-electron chi connectivity index (χ2n) is 0. The molecule has 0 aliphatic rings. The minimum atomic E-state index is 0. The first kappa shape index (κ1) is 42.7. The zero-order valence-corrected chi connectivity index (χ0v) is 2.36. The van der Waals surface area contributed by atoms with Crippen LogP contribution in [0, 0.1) is 7.43 Å². The standard InChI is InChI=1S/CH3F.CH.FH/c1-2;;/h1H3;2*1H. The molecule has 0 aromatic heterocycles. The average molecular weight is 67.1 g/mol. The largest absolute Gasteiger partial charge is 0.269 e. The van der Waals surface area contributed by atoms with E-state index in [0.717, 1.165) is 0 Å². The predicted octanol–water partition coefficient (Wildman–Crippen LogP) is 0.942. The molecule has 0 aliphatic heterocycles. The maximum absolute atomic E-state index is 9.50. The van der Waals surface area contributed by atoms with Gasteiger partial charge in [0.25, 0.3) is 0 Å². The Morgan fingerprint density at radius 3 is 1.25 bits per heavy atom. The molecule has 27 valence electrons. The Bertz CT molecular complexity index is 4.00. The summed E-state index contributed by atoms with van der Waals surface area (Å²) in [5.74, 6) is 0. The van der Waals surface area contributed by atoms with E-state index in [1.807, 2.05) is 0 Å². The second-order valence-corrected chi connectivity index (χ2v) is 0. The normalized spacial score (nSPS) is 1.50. The predicted molar refractivity (Wildman–Crippen MR) is 13.8 cm³/mol. The van der Waals surface area contributed by atoms with Gasteiger partial charge in [0, 0.05) is 0 Å². The lowest BCUT2D eigenvalue weighted by Crippen LogP contribution is -0.939. The summed E-state index contributed by atoms with van der Waals surface area (Å²) in [7, 11) is 0.500. The highest BCUT2D eigenvalue weighted by Crippen LogP contribution is 1.16. The molecule has 0 heterocycles. The van der Waals surface area contributed by atoms with E-state index in [1.54, 1.807) is 0 Å². The molecule has 0 saturated heterocycles. The fourth-order valence-corrected chi connectivity index (χ4v) is 0. The third-order valence-corrected chi connectivity index (χ3v) is 0. The highest BCUT2D eigenvalue weighted by Gasteiger charge is 0.926. The summed E-state index contributed by atoms with van der Waals surface area (Å²) in [6.45, 7) is 0. The van der Waals surface area contributed by atoms with Gasteiger partial charge < -0.3 is 0 Å². The lowest BCUT2D eigenvalue weighted by atomic mass is 11.9. The molecule has 0 saturated carbocycles. The molecule has 4 heavy (non-hydrogen) atoms. The number of alkyl halides is 1. The minimum Gasteiger partial charge on any atom is -0.269 e. The summed E-state index contributed by atoms with van der Waals surface area (Å²) < 4.78 is 9.50. The highest BCUT2D eigenvalue weighted by molar-refractivity contribution is 3.24. The van der Waals surface area contributed by atoms with E-state index in [4.69, 9.17) is 0 Å². The van der Waals surface area contributed by atoms with Crippen molar-refractivity contribution < 1.29 is 9.09 Å². The van der Waals surface area contributed by atoms with Crippen LogP contribution in [0.1, 0.15) is 0 Å². The van der Waals surface area contributed by atoms with Gasteiger partial charge >= 0.3 is 0 Å². The molecule has 0 aromatic carbocycles. The van der Waals surface area contributed by atoms with Gasteiger partial charge in [0.15, 0.2) is 0 Å². The molecule has 0 rings (SSSR count). The molecular formula is C2H5F2. The molecule has 0 fully saturated rings. The number of hydrogen-bond acceptors (Lipinski definition) is 0. The Hall–Kier alpha value is -0.140. The molecule has 0 atom stereocenters. The van der Waals surface area contributed by atoms with E-state index >= 15 is 0 Å². The van der Waals surface area contributed by atoms with Gasteiger partial charge in [-0.15, -0.1) is 0 Å². The van der Waals surface area contributed by atoms with Crippen LogP contribution in [0.3, 0.4) is 0 Å². The maximum atomic E-state index is 9.50. The molecule has 0 amide bonds. The topological polar surface area (TPSA) is 0 Å². The SMILES string of the molecule is CF.F.[CH]. The smallest absolute Gasteiger partial charge is 0.0785 e. The molecule has 3 radical (unpaired) electrons. The second kappa shape index (κ2) is 505. The first-order valence-electron chi connectivity index (χ1n) is 0.378. The molecule has 0 aliphatic carbocycles. The van der Waals surface area contributed by atoms with E-state index in [-0.39, 0.29) is 12.1 Å². The Labute approximate surface area is 25.0 Å². The van der Waals surface area contributed by atoms with Crippen molar-refractivity contribution in [1.82, 2.24) is 0 Å². The van der Waals surface area contributed by atoms with Gasteiger partial charge in [-0.25, -0.2) is 0 Å². The summed E-state index contributed by atoms with van der Waals surface area (Å²) >= 11 is 0. The third kappa shape index (κ3) is 70.2. The maximum Gasteiger partial charge on any atom is 0.0785 e. The third-order valence-electron chi connectivity index (χ3n) is 0. The summed E-state index contributed by atoms with van der Waals surface area (Å²) in [5.41, 5.74) is 0. The highest BCUT2D eigenvalue weighted by atomic mass is 19.1. The molecule has 0 unspecified atom stereocenters. The van der Waals surface area contributed by atoms with Gasteiger partial charge in [0.2, 0.25) is 0 Å². The van der Waals surface area contributed by atoms with Crippen molar-refractivity contribution in [2.24, 2.45) is 0 Å². The van der Waals surface area contributed by atoms with Crippen LogP contribution >= 0.6 is 0 Å². The lowest BCUT2D eigenvalue weighted by molar-refractivity contribution is 0.636. The summed E-state index contributed by atoms with van der Waals surface area (Å²) in [4.78, 5) is 0. The van der Waals surface area contributed by atoms with Crippen LogP contribution in [0.5, 0.6) is 0 Å². The Morgan fingerprint density at radius 1 is 1.25 bits per heavy atom. The van der Waals surface area contributed by atoms with Gasteiger partial charge in [-0.1, -0.05) is 0 Å². The van der Waals surface area contributed by atoms with Crippen molar-refractivity contribution >= 4 is 0 Å². The molecular weight excluding hydrogens is 62.0 g/mol. The van der Waals surface area contributed by atoms with Crippen LogP contribution in [0.25, 0.3) is 0 Å². The number of halogens is 2. The van der Waals surface area contributed by atoms with Crippen molar-refractivity contribution in [3.05, 3.63) is 7.43 Å². The summed E-state index contributed by atoms with van der Waals surface area (Å²) in [6, 6.07) is 0. The van der Waals surface area contributed by atoms with Crippen LogP contribution in [0.4, 0.5) is 9.09 Å². The molecule has 0 aromatic rings. The van der Waals surface area contributed by atoms with E-state index in [2.05, 4.69) is 0 Å². The van der Waals surface area contributed by atoms with Gasteiger partial charge in [0.05, 0.1) is 7.18 Å². The Kier molecular flexibility index (Phi) is 5390. The van der Waals surface area contributed by atoms with Gasteiger partial charge in [-0.3, -0.25) is 9.09 Å². The number of hydrogen-bond donors (Lipinski definition) is 0. The fraction of sp³-hybridized carbons (Fsp3) is 0.500. The summed E-state index contributed by atoms with van der Waals surface area (Å²) in [6.07, 6.45) is 0. The quantitative estimate of drug-likeness (QED) is 0.395.